The van der Waals surface area contributed by atoms with Crippen molar-refractivity contribution >= 4 is 40.3 Å². The van der Waals surface area contributed by atoms with Gasteiger partial charge in [0.25, 0.3) is 0 Å². The van der Waals surface area contributed by atoms with E-state index in [4.69, 9.17) is 4.42 Å². The molecule has 37 heavy (non-hydrogen) atoms. The van der Waals surface area contributed by atoms with Crippen LogP contribution in [0.15, 0.2) is 28.9 Å². The van der Waals surface area contributed by atoms with Gasteiger partial charge in [-0.3, -0.25) is 19.7 Å². The maximum Gasteiger partial charge on any atom is 0.228 e. The second-order valence-corrected chi connectivity index (χ2v) is 11.7. The van der Waals surface area contributed by atoms with Crippen molar-refractivity contribution in [2.75, 3.05) is 11.9 Å². The van der Waals surface area contributed by atoms with Gasteiger partial charge in [-0.2, -0.15) is 0 Å². The lowest BCUT2D eigenvalue weighted by Gasteiger charge is -2.30. The molecule has 0 aliphatic carbocycles. The fraction of sp³-hybridized carbons (Fsp3) is 0.519. The number of anilines is 1. The second-order valence-electron chi connectivity index (χ2n) is 11.7. The molecule has 1 amide bonds. The van der Waals surface area contributed by atoms with Crippen molar-refractivity contribution in [1.29, 1.82) is 0 Å². The summed E-state index contributed by atoms with van der Waals surface area (Å²) >= 11 is 0. The first kappa shape index (κ1) is 32.3. The molecule has 0 radical (unpaired) electrons. The Balaban J connectivity index is 0.00000684. The zero-order valence-corrected chi connectivity index (χ0v) is 24.4. The van der Waals surface area contributed by atoms with Gasteiger partial charge in [0.05, 0.1) is 17.9 Å². The highest BCUT2D eigenvalue weighted by Gasteiger charge is 2.37. The van der Waals surface area contributed by atoms with Crippen LogP contribution in [0.3, 0.4) is 0 Å². The fourth-order valence-electron chi connectivity index (χ4n) is 3.69. The van der Waals surface area contributed by atoms with Gasteiger partial charge in [0.1, 0.15) is 0 Å². The molecule has 9 nitrogen and oxygen atoms in total. The summed E-state index contributed by atoms with van der Waals surface area (Å²) in [7, 11) is 0. The van der Waals surface area contributed by atoms with E-state index < -0.39 is 45.5 Å². The van der Waals surface area contributed by atoms with Crippen molar-refractivity contribution in [3.05, 3.63) is 41.2 Å². The first-order valence-electron chi connectivity index (χ1n) is 11.8. The van der Waals surface area contributed by atoms with E-state index in [0.717, 1.165) is 6.07 Å². The van der Waals surface area contributed by atoms with Crippen LogP contribution in [0.5, 0.6) is 11.5 Å². The maximum absolute atomic E-state index is 13.3. The Hall–Kier alpha value is -2.69. The minimum Gasteiger partial charge on any atom is -0.504 e. The average Bonchev–Trinajstić information content (AvgIpc) is 3.23. The van der Waals surface area contributed by atoms with Crippen LogP contribution in [-0.2, 0) is 4.79 Å². The molecule has 1 unspecified atom stereocenters. The van der Waals surface area contributed by atoms with E-state index >= 15 is 0 Å². The molecule has 5 N–H and O–H groups in total. The van der Waals surface area contributed by atoms with E-state index in [2.05, 4.69) is 10.6 Å². The Morgan fingerprint density at radius 3 is 2.03 bits per heavy atom. The number of rotatable bonds is 9. The number of ketones is 2. The van der Waals surface area contributed by atoms with Crippen LogP contribution in [0.4, 0.5) is 5.88 Å². The van der Waals surface area contributed by atoms with E-state index in [9.17, 15) is 29.7 Å². The summed E-state index contributed by atoms with van der Waals surface area (Å²) < 4.78 is 5.12. The lowest BCUT2D eigenvalue weighted by molar-refractivity contribution is -0.117. The summed E-state index contributed by atoms with van der Waals surface area (Å²) in [6, 6.07) is 4.35. The van der Waals surface area contributed by atoms with Gasteiger partial charge >= 0.3 is 0 Å². The topological polar surface area (TPSA) is 149 Å². The van der Waals surface area contributed by atoms with Crippen molar-refractivity contribution in [3.63, 3.8) is 0 Å². The number of β-amino-alcohol motifs (C(OH)–C–C–N with tert-alkyl or cyclic N) is 1. The number of Topliss-reactive ketones (excluding diaryl/α,β-unsaturated/α-hetero) is 2. The Labute approximate surface area is 228 Å². The summed E-state index contributed by atoms with van der Waals surface area (Å²) in [5.74, 6) is -2.25. The Kier molecular flexibility index (Phi) is 10.3. The van der Waals surface area contributed by atoms with Crippen molar-refractivity contribution in [3.8, 4) is 11.5 Å². The van der Waals surface area contributed by atoms with Crippen LogP contribution >= 0.6 is 17.0 Å². The minimum absolute atomic E-state index is 0. The molecule has 1 aromatic heterocycles. The van der Waals surface area contributed by atoms with E-state index in [1.54, 1.807) is 67.5 Å². The smallest absolute Gasteiger partial charge is 0.228 e. The van der Waals surface area contributed by atoms with E-state index in [1.807, 2.05) is 0 Å². The van der Waals surface area contributed by atoms with E-state index in [0.29, 0.717) is 5.88 Å². The van der Waals surface area contributed by atoms with Gasteiger partial charge < -0.3 is 25.1 Å². The standard InChI is InChI=1S/C27H38N2O7.BrH/c1-25(2,3)23(34)15-12-16(30)22(33)21(24(35)26(4,5)6)20(15)17(31)14-28-27(7,8)13-18(32)29-19-10-9-11-36-19;/h9-12,17,28,30-31,33H,13-14H2,1-8H3,(H,29,32);1H. The van der Waals surface area contributed by atoms with Crippen molar-refractivity contribution in [2.45, 2.75) is 73.5 Å². The number of nitrogens with one attached hydrogen (secondary N) is 2. The van der Waals surface area contributed by atoms with Gasteiger partial charge in [0, 0.05) is 46.5 Å². The number of halogens is 1. The number of amides is 1. The summed E-state index contributed by atoms with van der Waals surface area (Å²) in [6.45, 7) is 13.3. The lowest BCUT2D eigenvalue weighted by atomic mass is 9.78. The number of phenols is 2. The third-order valence-electron chi connectivity index (χ3n) is 5.65. The lowest BCUT2D eigenvalue weighted by Crippen LogP contribution is -2.44. The Morgan fingerprint density at radius 2 is 1.54 bits per heavy atom. The molecule has 206 valence electrons. The minimum atomic E-state index is -1.41. The predicted molar refractivity (Wildman–Crippen MR) is 147 cm³/mol. The number of hydrogen-bond acceptors (Lipinski definition) is 8. The predicted octanol–water partition coefficient (Wildman–Crippen LogP) is 5.16. The third kappa shape index (κ3) is 8.15. The summed E-state index contributed by atoms with van der Waals surface area (Å²) in [6.07, 6.45) is 0.0598. The van der Waals surface area contributed by atoms with Crippen LogP contribution in [0.2, 0.25) is 0 Å². The molecule has 0 saturated heterocycles. The van der Waals surface area contributed by atoms with Crippen molar-refractivity contribution < 1.29 is 34.1 Å². The molecule has 1 atom stereocenters. The number of benzene rings is 1. The summed E-state index contributed by atoms with van der Waals surface area (Å²) in [5.41, 5.74) is -3.06. The average molecular weight is 584 g/mol. The molecule has 10 heteroatoms. The number of hydrogen-bond donors (Lipinski definition) is 5. The zero-order chi connectivity index (χ0) is 27.6. The molecule has 0 aliphatic rings. The molecular weight excluding hydrogens is 544 g/mol. The second kappa shape index (κ2) is 11.8. The molecule has 0 saturated carbocycles. The number of furan rings is 1. The Morgan fingerprint density at radius 1 is 0.973 bits per heavy atom. The van der Waals surface area contributed by atoms with Crippen LogP contribution in [0.25, 0.3) is 0 Å². The SMILES string of the molecule is Br.CC(C)(CC(=O)Nc1ccco1)NCC(O)c1c(C(=O)C(C)(C)C)cc(O)c(O)c1C(=O)C(C)(C)C. The number of aliphatic hydroxyl groups is 1. The molecule has 1 heterocycles. The number of carbonyl (C=O) groups excluding carboxylic acids is 3. The molecule has 2 rings (SSSR count). The number of carbonyl (C=O) groups is 3. The summed E-state index contributed by atoms with van der Waals surface area (Å²) in [4.78, 5) is 39.0. The molecule has 0 fully saturated rings. The van der Waals surface area contributed by atoms with Crippen LogP contribution in [0.1, 0.15) is 94.2 Å². The Bertz CT molecular complexity index is 1130. The third-order valence-corrected chi connectivity index (χ3v) is 5.65. The molecule has 0 spiro atoms. The molecule has 1 aromatic carbocycles. The summed E-state index contributed by atoms with van der Waals surface area (Å²) in [5, 5.41) is 38.0. The van der Waals surface area contributed by atoms with Gasteiger partial charge in [-0.25, -0.2) is 0 Å². The van der Waals surface area contributed by atoms with Crippen LogP contribution in [0, 0.1) is 10.8 Å². The zero-order valence-electron chi connectivity index (χ0n) is 22.7. The monoisotopic (exact) mass is 582 g/mol. The van der Waals surface area contributed by atoms with Gasteiger partial charge in [-0.15, -0.1) is 17.0 Å². The molecule has 0 aliphatic heterocycles. The highest BCUT2D eigenvalue weighted by atomic mass is 79.9. The van der Waals surface area contributed by atoms with Crippen molar-refractivity contribution in [1.82, 2.24) is 5.32 Å². The number of aliphatic hydroxyl groups excluding tert-OH is 1. The first-order chi connectivity index (χ1) is 16.3. The first-order valence-corrected chi connectivity index (χ1v) is 11.8. The molecule has 2 aromatic rings. The van der Waals surface area contributed by atoms with Gasteiger partial charge in [0.15, 0.2) is 28.9 Å². The highest BCUT2D eigenvalue weighted by molar-refractivity contribution is 8.93. The van der Waals surface area contributed by atoms with E-state index in [-0.39, 0.29) is 52.5 Å². The van der Waals surface area contributed by atoms with Crippen LogP contribution in [-0.4, -0.2) is 44.9 Å². The quantitative estimate of drug-likeness (QED) is 0.201. The largest absolute Gasteiger partial charge is 0.504 e. The van der Waals surface area contributed by atoms with Crippen molar-refractivity contribution in [2.24, 2.45) is 10.8 Å². The van der Waals surface area contributed by atoms with Gasteiger partial charge in [-0.05, 0) is 26.0 Å². The number of aromatic hydroxyl groups is 2. The van der Waals surface area contributed by atoms with E-state index in [1.165, 1.54) is 6.26 Å². The van der Waals surface area contributed by atoms with Gasteiger partial charge in [0.2, 0.25) is 5.91 Å². The van der Waals surface area contributed by atoms with Gasteiger partial charge in [-0.1, -0.05) is 41.5 Å². The van der Waals surface area contributed by atoms with Crippen LogP contribution < -0.4 is 10.6 Å². The molecular formula is C27H39BrN2O7. The fourth-order valence-corrected chi connectivity index (χ4v) is 3.69. The molecule has 0 bridgehead atoms. The maximum atomic E-state index is 13.3. The number of phenolic OH excluding ortho intramolecular Hbond substituents is 2. The normalized spacial score (nSPS) is 13.0. The highest BCUT2D eigenvalue weighted by Crippen LogP contribution is 2.42.